The third kappa shape index (κ3) is 5.32. The molecule has 6 heteroatoms. The number of nitrogens with one attached hydrogen (secondary N) is 1. The van der Waals surface area contributed by atoms with E-state index in [4.69, 9.17) is 0 Å². The van der Waals surface area contributed by atoms with Gasteiger partial charge in [-0.05, 0) is 6.42 Å². The van der Waals surface area contributed by atoms with Crippen molar-refractivity contribution in [2.24, 2.45) is 0 Å². The van der Waals surface area contributed by atoms with Crippen molar-refractivity contribution in [2.45, 2.75) is 17.2 Å². The van der Waals surface area contributed by atoms with E-state index in [1.165, 1.54) is 11.3 Å². The van der Waals surface area contributed by atoms with Gasteiger partial charge in [0.2, 0.25) is 5.13 Å². The summed E-state index contributed by atoms with van der Waals surface area (Å²) < 4.78 is 0.925. The van der Waals surface area contributed by atoms with Crippen molar-refractivity contribution in [3.63, 3.8) is 0 Å². The van der Waals surface area contributed by atoms with Gasteiger partial charge in [0, 0.05) is 24.3 Å². The summed E-state index contributed by atoms with van der Waals surface area (Å²) in [6, 6.07) is 9.41. The maximum atomic E-state index is 11.9. The van der Waals surface area contributed by atoms with Crippen LogP contribution in [-0.4, -0.2) is 28.3 Å². The number of anilines is 1. The van der Waals surface area contributed by atoms with Crippen molar-refractivity contribution in [2.75, 3.05) is 17.6 Å². The molecule has 0 saturated heterocycles. The van der Waals surface area contributed by atoms with E-state index >= 15 is 0 Å². The fourth-order valence-electron chi connectivity index (χ4n) is 1.66. The monoisotopic (exact) mass is 319 g/mol. The molecule has 0 spiro atoms. The molecule has 2 aromatic rings. The zero-order chi connectivity index (χ0) is 14.9. The van der Waals surface area contributed by atoms with Crippen molar-refractivity contribution >= 4 is 34.0 Å². The molecule has 1 N–H and O–H groups in total. The molecule has 0 radical (unpaired) electrons. The smallest absolute Gasteiger partial charge is 0.206 e. The zero-order valence-corrected chi connectivity index (χ0v) is 13.3. The van der Waals surface area contributed by atoms with Crippen LogP contribution < -0.4 is 5.32 Å². The highest BCUT2D eigenvalue weighted by molar-refractivity contribution is 8.01. The average Bonchev–Trinajstić information content (AvgIpc) is 2.98. The van der Waals surface area contributed by atoms with Gasteiger partial charge in [0.05, 0.1) is 0 Å². The van der Waals surface area contributed by atoms with Gasteiger partial charge in [0.25, 0.3) is 0 Å². The first-order valence-electron chi connectivity index (χ1n) is 6.69. The third-order valence-corrected chi connectivity index (χ3v) is 4.77. The average molecular weight is 319 g/mol. The summed E-state index contributed by atoms with van der Waals surface area (Å²) in [7, 11) is 0. The van der Waals surface area contributed by atoms with E-state index in [1.54, 1.807) is 17.8 Å². The summed E-state index contributed by atoms with van der Waals surface area (Å²) in [5, 5.41) is 12.0. The van der Waals surface area contributed by atoms with Crippen LogP contribution in [0.2, 0.25) is 0 Å². The van der Waals surface area contributed by atoms with Gasteiger partial charge in [-0.15, -0.1) is 16.8 Å². The van der Waals surface area contributed by atoms with Crippen LogP contribution in [0, 0.1) is 0 Å². The molecule has 0 aliphatic rings. The van der Waals surface area contributed by atoms with E-state index < -0.39 is 0 Å². The number of aromatic nitrogens is 2. The number of hydrogen-bond acceptors (Lipinski definition) is 6. The quantitative estimate of drug-likeness (QED) is 0.329. The summed E-state index contributed by atoms with van der Waals surface area (Å²) in [4.78, 5) is 11.9. The maximum Gasteiger partial charge on any atom is 0.206 e. The summed E-state index contributed by atoms with van der Waals surface area (Å²) in [6.45, 7) is 4.33. The molecule has 0 amide bonds. The van der Waals surface area contributed by atoms with Crippen LogP contribution in [0.15, 0.2) is 47.3 Å². The van der Waals surface area contributed by atoms with Crippen LogP contribution in [0.25, 0.3) is 0 Å². The van der Waals surface area contributed by atoms with Gasteiger partial charge in [-0.3, -0.25) is 4.79 Å². The molecule has 1 heterocycles. The SMILES string of the molecule is C=CCNc1nnc(SCCCC(=O)c2ccccc2)s1. The minimum Gasteiger partial charge on any atom is -0.357 e. The zero-order valence-electron chi connectivity index (χ0n) is 11.6. The lowest BCUT2D eigenvalue weighted by atomic mass is 10.1. The van der Waals surface area contributed by atoms with Crippen LogP contribution >= 0.6 is 23.1 Å². The van der Waals surface area contributed by atoms with Crippen LogP contribution in [0.1, 0.15) is 23.2 Å². The molecule has 0 bridgehead atoms. The minimum atomic E-state index is 0.196. The Kier molecular flexibility index (Phi) is 6.43. The summed E-state index contributed by atoms with van der Waals surface area (Å²) >= 11 is 3.16. The van der Waals surface area contributed by atoms with E-state index in [0.717, 1.165) is 27.2 Å². The van der Waals surface area contributed by atoms with Gasteiger partial charge >= 0.3 is 0 Å². The molecule has 0 aliphatic heterocycles. The number of carbonyl (C=O) groups is 1. The number of nitrogens with zero attached hydrogens (tertiary/aromatic N) is 2. The van der Waals surface area contributed by atoms with Gasteiger partial charge < -0.3 is 5.32 Å². The second kappa shape index (κ2) is 8.59. The molecule has 1 aromatic carbocycles. The predicted octanol–water partition coefficient (Wildman–Crippen LogP) is 3.89. The molecule has 4 nitrogen and oxygen atoms in total. The second-order valence-corrected chi connectivity index (χ2v) is 6.60. The van der Waals surface area contributed by atoms with Crippen molar-refractivity contribution < 1.29 is 4.79 Å². The molecule has 2 rings (SSSR count). The van der Waals surface area contributed by atoms with Crippen molar-refractivity contribution in [3.8, 4) is 0 Å². The molecule has 110 valence electrons. The Balaban J connectivity index is 1.69. The fraction of sp³-hybridized carbons (Fsp3) is 0.267. The normalized spacial score (nSPS) is 10.3. The Labute approximate surface area is 132 Å². The van der Waals surface area contributed by atoms with Crippen LogP contribution in [0.5, 0.6) is 0 Å². The fourth-order valence-corrected chi connectivity index (χ4v) is 3.43. The highest BCUT2D eigenvalue weighted by atomic mass is 32.2. The molecule has 0 atom stereocenters. The molecule has 0 unspecified atom stereocenters. The Morgan fingerprint density at radius 3 is 2.90 bits per heavy atom. The Bertz CT molecular complexity index is 584. The third-order valence-electron chi connectivity index (χ3n) is 2.67. The van der Waals surface area contributed by atoms with Gasteiger partial charge in [-0.2, -0.15) is 0 Å². The molecule has 0 aliphatic carbocycles. The first-order valence-corrected chi connectivity index (χ1v) is 8.49. The topological polar surface area (TPSA) is 54.9 Å². The summed E-state index contributed by atoms with van der Waals surface area (Å²) in [6.07, 6.45) is 3.19. The molecule has 0 fully saturated rings. The number of thioether (sulfide) groups is 1. The van der Waals surface area contributed by atoms with Gasteiger partial charge in [0.1, 0.15) is 0 Å². The summed E-state index contributed by atoms with van der Waals surface area (Å²) in [5.74, 6) is 1.07. The Morgan fingerprint density at radius 2 is 2.14 bits per heavy atom. The van der Waals surface area contributed by atoms with Gasteiger partial charge in [-0.1, -0.05) is 59.5 Å². The molecular weight excluding hydrogens is 302 g/mol. The number of rotatable bonds is 9. The first-order chi connectivity index (χ1) is 10.3. The van der Waals surface area contributed by atoms with Gasteiger partial charge in [-0.25, -0.2) is 0 Å². The van der Waals surface area contributed by atoms with E-state index in [2.05, 4.69) is 22.1 Å². The number of carbonyl (C=O) groups excluding carboxylic acids is 1. The predicted molar refractivity (Wildman–Crippen MR) is 89.3 cm³/mol. The Morgan fingerprint density at radius 1 is 1.33 bits per heavy atom. The van der Waals surface area contributed by atoms with E-state index in [0.29, 0.717) is 13.0 Å². The number of ketones is 1. The molecule has 1 aromatic heterocycles. The van der Waals surface area contributed by atoms with Crippen LogP contribution in [-0.2, 0) is 0 Å². The first kappa shape index (κ1) is 15.7. The van der Waals surface area contributed by atoms with Crippen LogP contribution in [0.3, 0.4) is 0 Å². The lowest BCUT2D eigenvalue weighted by Gasteiger charge is -2.00. The number of hydrogen-bond donors (Lipinski definition) is 1. The van der Waals surface area contributed by atoms with Crippen molar-refractivity contribution in [1.82, 2.24) is 10.2 Å². The maximum absolute atomic E-state index is 11.9. The van der Waals surface area contributed by atoms with E-state index in [1.807, 2.05) is 30.3 Å². The lowest BCUT2D eigenvalue weighted by Crippen LogP contribution is -1.98. The Hall–Kier alpha value is -1.66. The van der Waals surface area contributed by atoms with E-state index in [-0.39, 0.29) is 5.78 Å². The largest absolute Gasteiger partial charge is 0.357 e. The number of benzene rings is 1. The number of Topliss-reactive ketones (excluding diaryl/α,β-unsaturated/α-hetero) is 1. The highest BCUT2D eigenvalue weighted by Gasteiger charge is 2.07. The molecule has 0 saturated carbocycles. The molecule has 21 heavy (non-hydrogen) atoms. The second-order valence-electron chi connectivity index (χ2n) is 4.28. The van der Waals surface area contributed by atoms with E-state index in [9.17, 15) is 4.79 Å². The molecular formula is C15H17N3OS2. The summed E-state index contributed by atoms with van der Waals surface area (Å²) in [5.41, 5.74) is 0.786. The van der Waals surface area contributed by atoms with Gasteiger partial charge in [0.15, 0.2) is 10.1 Å². The van der Waals surface area contributed by atoms with Crippen molar-refractivity contribution in [1.29, 1.82) is 0 Å². The highest BCUT2D eigenvalue weighted by Crippen LogP contribution is 2.26. The van der Waals surface area contributed by atoms with Crippen molar-refractivity contribution in [3.05, 3.63) is 48.6 Å². The minimum absolute atomic E-state index is 0.196. The van der Waals surface area contributed by atoms with Crippen LogP contribution in [0.4, 0.5) is 5.13 Å². The standard InChI is InChI=1S/C15H17N3OS2/c1-2-10-16-14-17-18-15(21-14)20-11-6-9-13(19)12-7-4-3-5-8-12/h2-5,7-8H,1,6,9-11H2,(H,16,17). The lowest BCUT2D eigenvalue weighted by molar-refractivity contribution is 0.0982.